The van der Waals surface area contributed by atoms with Crippen molar-refractivity contribution in [3.63, 3.8) is 0 Å². The molecule has 0 aliphatic rings. The molecular weight excluding hydrogens is 242 g/mol. The Labute approximate surface area is 123 Å². The largest absolute Gasteiger partial charge is 0.309 e. The quantitative estimate of drug-likeness (QED) is 0.844. The summed E-state index contributed by atoms with van der Waals surface area (Å²) < 4.78 is 0. The van der Waals surface area contributed by atoms with Crippen molar-refractivity contribution in [3.05, 3.63) is 70.3 Å². The number of rotatable bonds is 4. The van der Waals surface area contributed by atoms with Gasteiger partial charge in [0.1, 0.15) is 0 Å². The molecule has 1 heteroatoms. The smallest absolute Gasteiger partial charge is 0.0576 e. The van der Waals surface area contributed by atoms with Crippen LogP contribution in [0.1, 0.15) is 53.6 Å². The first-order valence-corrected chi connectivity index (χ1v) is 7.37. The minimum atomic E-state index is 0.260. The molecule has 0 aliphatic heterocycles. The fourth-order valence-corrected chi connectivity index (χ4v) is 2.65. The zero-order valence-electron chi connectivity index (χ0n) is 13.2. The molecule has 0 amide bonds. The number of hydrogen-bond acceptors (Lipinski definition) is 1. The summed E-state index contributed by atoms with van der Waals surface area (Å²) in [6, 6.07) is 15.9. The predicted octanol–water partition coefficient (Wildman–Crippen LogP) is 4.74. The first kappa shape index (κ1) is 14.8. The molecule has 1 N–H and O–H groups in total. The third kappa shape index (κ3) is 3.10. The van der Waals surface area contributed by atoms with Gasteiger partial charge in [0.15, 0.2) is 0 Å². The van der Waals surface area contributed by atoms with Crippen LogP contribution in [0.4, 0.5) is 0 Å². The van der Waals surface area contributed by atoms with Gasteiger partial charge in [-0.2, -0.15) is 0 Å². The molecule has 0 heterocycles. The molecule has 0 aliphatic carbocycles. The lowest BCUT2D eigenvalue weighted by Gasteiger charge is -2.20. The lowest BCUT2D eigenvalue weighted by molar-refractivity contribution is 0.686. The van der Waals surface area contributed by atoms with E-state index in [-0.39, 0.29) is 6.04 Å². The Kier molecular flexibility index (Phi) is 4.61. The fraction of sp³-hybridized carbons (Fsp3) is 0.368. The molecule has 0 aromatic heterocycles. The highest BCUT2D eigenvalue weighted by Gasteiger charge is 2.14. The molecule has 2 rings (SSSR count). The van der Waals surface area contributed by atoms with Crippen molar-refractivity contribution in [1.82, 2.24) is 5.32 Å². The molecule has 20 heavy (non-hydrogen) atoms. The van der Waals surface area contributed by atoms with Gasteiger partial charge in [-0.1, -0.05) is 61.9 Å². The molecule has 2 aromatic rings. The summed E-state index contributed by atoms with van der Waals surface area (Å²) in [4.78, 5) is 0. The van der Waals surface area contributed by atoms with Gasteiger partial charge in [-0.15, -0.1) is 0 Å². The zero-order chi connectivity index (χ0) is 14.7. The number of benzene rings is 2. The van der Waals surface area contributed by atoms with Crippen molar-refractivity contribution in [2.45, 2.75) is 39.7 Å². The molecular formula is C19H25N. The summed E-state index contributed by atoms with van der Waals surface area (Å²) in [6.45, 7) is 8.80. The van der Waals surface area contributed by atoms with Gasteiger partial charge >= 0.3 is 0 Å². The third-order valence-electron chi connectivity index (χ3n) is 3.97. The van der Waals surface area contributed by atoms with E-state index in [1.807, 2.05) is 7.05 Å². The van der Waals surface area contributed by atoms with Gasteiger partial charge in [0.25, 0.3) is 0 Å². The van der Waals surface area contributed by atoms with Gasteiger partial charge in [0.05, 0.1) is 6.04 Å². The maximum Gasteiger partial charge on any atom is 0.0576 e. The second-order valence-corrected chi connectivity index (χ2v) is 5.90. The van der Waals surface area contributed by atoms with E-state index in [1.54, 1.807) is 0 Å². The average Bonchev–Trinajstić information content (AvgIpc) is 2.44. The monoisotopic (exact) mass is 267 g/mol. The molecule has 1 unspecified atom stereocenters. The van der Waals surface area contributed by atoms with Crippen molar-refractivity contribution in [3.8, 4) is 0 Å². The maximum absolute atomic E-state index is 3.45. The minimum absolute atomic E-state index is 0.260. The third-order valence-corrected chi connectivity index (χ3v) is 3.97. The summed E-state index contributed by atoms with van der Waals surface area (Å²) in [5.41, 5.74) is 6.73. The summed E-state index contributed by atoms with van der Waals surface area (Å²) >= 11 is 0. The van der Waals surface area contributed by atoms with Crippen LogP contribution in [0.25, 0.3) is 0 Å². The predicted molar refractivity (Wildman–Crippen MR) is 87.3 cm³/mol. The highest BCUT2D eigenvalue weighted by atomic mass is 14.9. The molecule has 0 radical (unpaired) electrons. The normalized spacial score (nSPS) is 12.7. The van der Waals surface area contributed by atoms with Crippen molar-refractivity contribution < 1.29 is 0 Å². The van der Waals surface area contributed by atoms with Gasteiger partial charge < -0.3 is 5.32 Å². The molecule has 0 fully saturated rings. The molecule has 0 saturated carbocycles. The average molecular weight is 267 g/mol. The zero-order valence-corrected chi connectivity index (χ0v) is 13.2. The Balaban J connectivity index is 2.39. The molecule has 0 spiro atoms. The van der Waals surface area contributed by atoms with Gasteiger partial charge in [-0.3, -0.25) is 0 Å². The topological polar surface area (TPSA) is 12.0 Å². The Hall–Kier alpha value is -1.60. The highest BCUT2D eigenvalue weighted by molar-refractivity contribution is 5.40. The van der Waals surface area contributed by atoms with Crippen molar-refractivity contribution in [1.29, 1.82) is 0 Å². The fourth-order valence-electron chi connectivity index (χ4n) is 2.65. The van der Waals surface area contributed by atoms with Crippen molar-refractivity contribution in [2.24, 2.45) is 0 Å². The molecule has 2 aromatic carbocycles. The van der Waals surface area contributed by atoms with Crippen LogP contribution in [0.5, 0.6) is 0 Å². The Morgan fingerprint density at radius 1 is 0.850 bits per heavy atom. The van der Waals surface area contributed by atoms with E-state index < -0.39 is 0 Å². The summed E-state index contributed by atoms with van der Waals surface area (Å²) in [5, 5.41) is 3.45. The first-order chi connectivity index (χ1) is 9.52. The van der Waals surface area contributed by atoms with E-state index in [2.05, 4.69) is 75.5 Å². The minimum Gasteiger partial charge on any atom is -0.309 e. The van der Waals surface area contributed by atoms with E-state index in [1.165, 1.54) is 27.8 Å². The van der Waals surface area contributed by atoms with Crippen LogP contribution in [-0.4, -0.2) is 7.05 Å². The Morgan fingerprint density at radius 3 is 2.00 bits per heavy atom. The van der Waals surface area contributed by atoms with Crippen molar-refractivity contribution in [2.75, 3.05) is 7.05 Å². The summed E-state index contributed by atoms with van der Waals surface area (Å²) in [6.07, 6.45) is 0. The molecule has 0 saturated heterocycles. The lowest BCUT2D eigenvalue weighted by atomic mass is 9.92. The SMILES string of the molecule is CNC(c1ccc(C(C)C)cc1)c1cc(C)ccc1C. The summed E-state index contributed by atoms with van der Waals surface area (Å²) in [7, 11) is 2.03. The van der Waals surface area contributed by atoms with Crippen LogP contribution in [0.2, 0.25) is 0 Å². The number of aryl methyl sites for hydroxylation is 2. The second kappa shape index (κ2) is 6.23. The maximum atomic E-state index is 3.45. The van der Waals surface area contributed by atoms with Crippen molar-refractivity contribution >= 4 is 0 Å². The Bertz CT molecular complexity index is 567. The van der Waals surface area contributed by atoms with Gasteiger partial charge in [0.2, 0.25) is 0 Å². The standard InChI is InChI=1S/C19H25N/c1-13(2)16-8-10-17(11-9-16)19(20-5)18-12-14(3)6-7-15(18)4/h6-13,19-20H,1-5H3. The van der Waals surface area contributed by atoms with E-state index in [0.717, 1.165) is 0 Å². The van der Waals surface area contributed by atoms with Crippen LogP contribution in [-0.2, 0) is 0 Å². The van der Waals surface area contributed by atoms with Crippen LogP contribution in [0.3, 0.4) is 0 Å². The molecule has 0 bridgehead atoms. The van der Waals surface area contributed by atoms with Crippen LogP contribution in [0.15, 0.2) is 42.5 Å². The Morgan fingerprint density at radius 2 is 1.45 bits per heavy atom. The van der Waals surface area contributed by atoms with Gasteiger partial charge in [-0.05, 0) is 49.1 Å². The number of hydrogen-bond donors (Lipinski definition) is 1. The van der Waals surface area contributed by atoms with Gasteiger partial charge in [-0.25, -0.2) is 0 Å². The summed E-state index contributed by atoms with van der Waals surface area (Å²) in [5.74, 6) is 0.581. The van der Waals surface area contributed by atoms with E-state index in [9.17, 15) is 0 Å². The van der Waals surface area contributed by atoms with E-state index in [4.69, 9.17) is 0 Å². The van der Waals surface area contributed by atoms with Gasteiger partial charge in [0, 0.05) is 0 Å². The van der Waals surface area contributed by atoms with Crippen LogP contribution in [0, 0.1) is 13.8 Å². The first-order valence-electron chi connectivity index (χ1n) is 7.37. The van der Waals surface area contributed by atoms with Crippen LogP contribution >= 0.6 is 0 Å². The second-order valence-electron chi connectivity index (χ2n) is 5.90. The number of nitrogens with one attached hydrogen (secondary N) is 1. The lowest BCUT2D eigenvalue weighted by Crippen LogP contribution is -2.18. The molecule has 1 nitrogen and oxygen atoms in total. The van der Waals surface area contributed by atoms with E-state index >= 15 is 0 Å². The van der Waals surface area contributed by atoms with E-state index in [0.29, 0.717) is 5.92 Å². The molecule has 106 valence electrons. The van der Waals surface area contributed by atoms with Crippen LogP contribution < -0.4 is 5.32 Å². The molecule has 1 atom stereocenters. The highest BCUT2D eigenvalue weighted by Crippen LogP contribution is 2.27.